The molecule has 2 aliphatic heterocycles. The second-order valence-corrected chi connectivity index (χ2v) is 7.94. The average Bonchev–Trinajstić information content (AvgIpc) is 2.78. The van der Waals surface area contributed by atoms with Gasteiger partial charge in [0.2, 0.25) is 0 Å². The Bertz CT molecular complexity index is 565. The summed E-state index contributed by atoms with van der Waals surface area (Å²) in [5, 5.41) is 9.13. The molecule has 2 heterocycles. The van der Waals surface area contributed by atoms with Crippen LogP contribution in [-0.4, -0.2) is 51.8 Å². The monoisotopic (exact) mass is 332 g/mol. The van der Waals surface area contributed by atoms with Crippen LogP contribution in [0.15, 0.2) is 24.3 Å². The van der Waals surface area contributed by atoms with Crippen LogP contribution in [0.3, 0.4) is 0 Å². The van der Waals surface area contributed by atoms with E-state index in [2.05, 4.69) is 17.0 Å². The van der Waals surface area contributed by atoms with Gasteiger partial charge in [-0.25, -0.2) is 4.79 Å². The number of aliphatic hydroxyl groups excluding tert-OH is 1. The third kappa shape index (κ3) is 3.90. The molecule has 0 aromatic heterocycles. The molecular formula is C19H28N2O3. The van der Waals surface area contributed by atoms with Crippen LogP contribution in [-0.2, 0) is 17.9 Å². The fraction of sp³-hybridized carbons (Fsp3) is 0.632. The van der Waals surface area contributed by atoms with Crippen molar-refractivity contribution in [3.8, 4) is 0 Å². The Morgan fingerprint density at radius 1 is 1.12 bits per heavy atom. The Morgan fingerprint density at radius 2 is 1.67 bits per heavy atom. The van der Waals surface area contributed by atoms with Crippen LogP contribution in [0.4, 0.5) is 4.79 Å². The normalized spacial score (nSPS) is 24.2. The Balaban J connectivity index is 1.61. The van der Waals surface area contributed by atoms with Crippen LogP contribution >= 0.6 is 0 Å². The number of hydrogen-bond acceptors (Lipinski definition) is 4. The van der Waals surface area contributed by atoms with E-state index in [4.69, 9.17) is 9.84 Å². The van der Waals surface area contributed by atoms with Gasteiger partial charge in [0, 0.05) is 31.7 Å². The standard InChI is InChI=1S/C19H28N2O3/c1-19(2,3)24-18(23)21-16-8-9-17(21)12-20(11-16)10-14-4-6-15(13-22)7-5-14/h4-7,16-17,22H,8-13H2,1-3H3. The zero-order chi connectivity index (χ0) is 17.3. The smallest absolute Gasteiger partial charge is 0.410 e. The number of carbonyl (C=O) groups is 1. The minimum Gasteiger partial charge on any atom is -0.444 e. The predicted molar refractivity (Wildman–Crippen MR) is 92.5 cm³/mol. The van der Waals surface area contributed by atoms with E-state index in [9.17, 15) is 4.79 Å². The lowest BCUT2D eigenvalue weighted by atomic mass is 10.1. The fourth-order valence-corrected chi connectivity index (χ4v) is 3.74. The summed E-state index contributed by atoms with van der Waals surface area (Å²) in [5.74, 6) is 0. The third-order valence-electron chi connectivity index (χ3n) is 4.77. The van der Waals surface area contributed by atoms with Gasteiger partial charge in [-0.15, -0.1) is 0 Å². The molecule has 3 rings (SSSR count). The van der Waals surface area contributed by atoms with E-state index in [-0.39, 0.29) is 24.8 Å². The van der Waals surface area contributed by atoms with Crippen LogP contribution in [0.5, 0.6) is 0 Å². The van der Waals surface area contributed by atoms with E-state index < -0.39 is 5.60 Å². The van der Waals surface area contributed by atoms with Crippen molar-refractivity contribution in [1.29, 1.82) is 0 Å². The summed E-state index contributed by atoms with van der Waals surface area (Å²) in [6.07, 6.45) is 1.95. The quantitative estimate of drug-likeness (QED) is 0.925. The molecule has 0 aliphatic carbocycles. The first-order valence-corrected chi connectivity index (χ1v) is 8.78. The summed E-state index contributed by atoms with van der Waals surface area (Å²) in [4.78, 5) is 16.9. The van der Waals surface area contributed by atoms with Gasteiger partial charge >= 0.3 is 6.09 Å². The maximum atomic E-state index is 12.5. The highest BCUT2D eigenvalue weighted by Crippen LogP contribution is 2.32. The number of benzene rings is 1. The average molecular weight is 332 g/mol. The van der Waals surface area contributed by atoms with E-state index >= 15 is 0 Å². The lowest BCUT2D eigenvalue weighted by Crippen LogP contribution is -2.56. The highest BCUT2D eigenvalue weighted by Gasteiger charge is 2.44. The zero-order valence-corrected chi connectivity index (χ0v) is 14.9. The Morgan fingerprint density at radius 3 is 2.17 bits per heavy atom. The molecular weight excluding hydrogens is 304 g/mol. The van der Waals surface area contributed by atoms with Crippen molar-refractivity contribution >= 4 is 6.09 Å². The maximum Gasteiger partial charge on any atom is 0.410 e. The van der Waals surface area contributed by atoms with Gasteiger partial charge in [-0.2, -0.15) is 0 Å². The van der Waals surface area contributed by atoms with Crippen LogP contribution in [0, 0.1) is 0 Å². The summed E-state index contributed by atoms with van der Waals surface area (Å²) in [5.41, 5.74) is 1.74. The Hall–Kier alpha value is -1.59. The first-order valence-electron chi connectivity index (χ1n) is 8.78. The first-order chi connectivity index (χ1) is 11.4. The van der Waals surface area contributed by atoms with Crippen molar-refractivity contribution < 1.29 is 14.6 Å². The van der Waals surface area contributed by atoms with E-state index in [1.165, 1.54) is 5.56 Å². The summed E-state index contributed by atoms with van der Waals surface area (Å²) < 4.78 is 5.58. The van der Waals surface area contributed by atoms with E-state index in [0.717, 1.165) is 38.0 Å². The summed E-state index contributed by atoms with van der Waals surface area (Å²) >= 11 is 0. The van der Waals surface area contributed by atoms with Crippen molar-refractivity contribution in [2.24, 2.45) is 0 Å². The second kappa shape index (κ2) is 6.73. The molecule has 0 spiro atoms. The number of piperazine rings is 1. The number of rotatable bonds is 3. The number of carbonyl (C=O) groups excluding carboxylic acids is 1. The molecule has 1 aromatic carbocycles. The minimum absolute atomic E-state index is 0.0823. The van der Waals surface area contributed by atoms with Crippen molar-refractivity contribution in [3.05, 3.63) is 35.4 Å². The van der Waals surface area contributed by atoms with Gasteiger partial charge in [0.05, 0.1) is 6.61 Å². The van der Waals surface area contributed by atoms with E-state index in [0.29, 0.717) is 0 Å². The van der Waals surface area contributed by atoms with Crippen LogP contribution in [0.1, 0.15) is 44.7 Å². The molecule has 0 radical (unpaired) electrons. The van der Waals surface area contributed by atoms with Crippen LogP contribution in [0.2, 0.25) is 0 Å². The van der Waals surface area contributed by atoms with Gasteiger partial charge in [0.25, 0.3) is 0 Å². The molecule has 0 saturated carbocycles. The molecule has 24 heavy (non-hydrogen) atoms. The Kier molecular flexibility index (Phi) is 4.83. The molecule has 2 bridgehead atoms. The highest BCUT2D eigenvalue weighted by molar-refractivity contribution is 5.69. The third-order valence-corrected chi connectivity index (χ3v) is 4.77. The van der Waals surface area contributed by atoms with Crippen molar-refractivity contribution in [1.82, 2.24) is 9.80 Å². The van der Waals surface area contributed by atoms with Crippen molar-refractivity contribution in [2.75, 3.05) is 13.1 Å². The van der Waals surface area contributed by atoms with Crippen LogP contribution < -0.4 is 0 Å². The molecule has 2 atom stereocenters. The number of likely N-dealkylation sites (tertiary alicyclic amines) is 1. The largest absolute Gasteiger partial charge is 0.444 e. The summed E-state index contributed by atoms with van der Waals surface area (Å²) in [7, 11) is 0. The first kappa shape index (κ1) is 17.2. The van der Waals surface area contributed by atoms with E-state index in [1.54, 1.807) is 0 Å². The van der Waals surface area contributed by atoms with Gasteiger partial charge in [0.15, 0.2) is 0 Å². The summed E-state index contributed by atoms with van der Waals surface area (Å²) in [6.45, 7) is 8.52. The maximum absolute atomic E-state index is 12.5. The van der Waals surface area contributed by atoms with Crippen molar-refractivity contribution in [3.63, 3.8) is 0 Å². The van der Waals surface area contributed by atoms with E-state index in [1.807, 2.05) is 37.8 Å². The molecule has 5 nitrogen and oxygen atoms in total. The molecule has 1 aromatic rings. The number of fused-ring (bicyclic) bond motifs is 2. The summed E-state index contributed by atoms with van der Waals surface area (Å²) in [6, 6.07) is 8.62. The Labute approximate surface area is 144 Å². The zero-order valence-electron chi connectivity index (χ0n) is 14.9. The van der Waals surface area contributed by atoms with Gasteiger partial charge in [-0.1, -0.05) is 24.3 Å². The topological polar surface area (TPSA) is 53.0 Å². The van der Waals surface area contributed by atoms with Crippen molar-refractivity contribution in [2.45, 2.75) is 64.4 Å². The minimum atomic E-state index is -0.442. The van der Waals surface area contributed by atoms with Gasteiger partial charge in [-0.05, 0) is 44.7 Å². The molecule has 5 heteroatoms. The molecule has 1 N–H and O–H groups in total. The van der Waals surface area contributed by atoms with Gasteiger partial charge in [0.1, 0.15) is 5.60 Å². The van der Waals surface area contributed by atoms with Crippen LogP contribution in [0.25, 0.3) is 0 Å². The molecule has 2 aliphatic rings. The number of amides is 1. The molecule has 2 fully saturated rings. The number of ether oxygens (including phenoxy) is 1. The number of hydrogen-bond donors (Lipinski definition) is 1. The number of nitrogens with zero attached hydrogens (tertiary/aromatic N) is 2. The molecule has 2 unspecified atom stereocenters. The lowest BCUT2D eigenvalue weighted by molar-refractivity contribution is -0.00542. The molecule has 1 amide bonds. The highest BCUT2D eigenvalue weighted by atomic mass is 16.6. The fourth-order valence-electron chi connectivity index (χ4n) is 3.74. The van der Waals surface area contributed by atoms with Gasteiger partial charge in [-0.3, -0.25) is 9.80 Å². The predicted octanol–water partition coefficient (Wildman–Crippen LogP) is 2.76. The molecule has 132 valence electrons. The lowest BCUT2D eigenvalue weighted by Gasteiger charge is -2.41. The van der Waals surface area contributed by atoms with Gasteiger partial charge < -0.3 is 9.84 Å². The molecule has 2 saturated heterocycles. The SMILES string of the molecule is CC(C)(C)OC(=O)N1C2CCC1CN(Cc1ccc(CO)cc1)C2. The second-order valence-electron chi connectivity index (χ2n) is 7.94. The number of aliphatic hydroxyl groups is 1.